The van der Waals surface area contributed by atoms with Crippen molar-refractivity contribution in [2.45, 2.75) is 97.1 Å². The minimum Gasteiger partial charge on any atom is -0.444 e. The van der Waals surface area contributed by atoms with E-state index in [-0.39, 0.29) is 17.7 Å². The summed E-state index contributed by atoms with van der Waals surface area (Å²) in [6.07, 6.45) is 6.17. The number of anilines is 1. The van der Waals surface area contributed by atoms with Gasteiger partial charge in [0.15, 0.2) is 0 Å². The summed E-state index contributed by atoms with van der Waals surface area (Å²) in [4.78, 5) is 49.3. The van der Waals surface area contributed by atoms with Crippen molar-refractivity contribution in [3.63, 3.8) is 0 Å². The first-order chi connectivity index (χ1) is 22.5. The Hall–Kier alpha value is -3.42. The van der Waals surface area contributed by atoms with Crippen molar-refractivity contribution in [1.29, 1.82) is 0 Å². The fraction of sp³-hybridized carbons (Fsp3) is 0.706. The molecule has 13 nitrogen and oxygen atoms in total. The minimum absolute atomic E-state index is 0.102. The number of hydrogen-bond acceptors (Lipinski definition) is 9. The summed E-state index contributed by atoms with van der Waals surface area (Å²) >= 11 is 0. The molecule has 47 heavy (non-hydrogen) atoms. The second-order valence-electron chi connectivity index (χ2n) is 12.2. The fourth-order valence-corrected chi connectivity index (χ4v) is 4.25. The van der Waals surface area contributed by atoms with Crippen molar-refractivity contribution >= 4 is 29.5 Å². The molecule has 268 valence electrons. The Morgan fingerprint density at radius 2 is 1.38 bits per heavy atom. The van der Waals surface area contributed by atoms with Crippen molar-refractivity contribution in [1.82, 2.24) is 21.3 Å². The molecule has 0 spiro atoms. The standard InChI is InChI=1S/C34H59N5O8/c1-5-6-7-16-30(40)36-18-11-20-44-22-24-46-25-23-45-21-12-19-37-32(42)29(39-31(41)27-13-10-14-28(35)26-27)15-8-9-17-38-33(43)47-34(2,3)4/h10,13-14,26,29H,5-9,11-12,15-25,35H2,1-4H3,(H,36,40)(H,37,42)(H,38,43)(H,39,41). The van der Waals surface area contributed by atoms with E-state index in [2.05, 4.69) is 28.2 Å². The van der Waals surface area contributed by atoms with Gasteiger partial charge in [-0.25, -0.2) is 4.79 Å². The van der Waals surface area contributed by atoms with E-state index >= 15 is 0 Å². The molecule has 13 heteroatoms. The van der Waals surface area contributed by atoms with Gasteiger partial charge in [-0.05, 0) is 77.5 Å². The normalized spacial score (nSPS) is 11.8. The third kappa shape index (κ3) is 23.5. The van der Waals surface area contributed by atoms with Gasteiger partial charge in [-0.3, -0.25) is 14.4 Å². The van der Waals surface area contributed by atoms with Crippen LogP contribution in [0.25, 0.3) is 0 Å². The van der Waals surface area contributed by atoms with Crippen LogP contribution < -0.4 is 27.0 Å². The zero-order valence-electron chi connectivity index (χ0n) is 29.0. The van der Waals surface area contributed by atoms with Gasteiger partial charge in [0.05, 0.1) is 26.4 Å². The number of nitrogens with two attached hydrogens (primary N) is 1. The molecule has 1 atom stereocenters. The number of carbonyl (C=O) groups is 4. The Morgan fingerprint density at radius 3 is 2.00 bits per heavy atom. The molecule has 0 aliphatic rings. The molecule has 1 unspecified atom stereocenters. The van der Waals surface area contributed by atoms with Crippen LogP contribution in [0.1, 0.15) is 95.8 Å². The third-order valence-corrected chi connectivity index (χ3v) is 6.66. The van der Waals surface area contributed by atoms with Crippen LogP contribution in [-0.2, 0) is 28.5 Å². The zero-order valence-corrected chi connectivity index (χ0v) is 29.0. The van der Waals surface area contributed by atoms with Crippen LogP contribution in [0.2, 0.25) is 0 Å². The van der Waals surface area contributed by atoms with Crippen molar-refractivity contribution in [3.8, 4) is 0 Å². The molecule has 1 aromatic rings. The highest BCUT2D eigenvalue weighted by molar-refractivity contribution is 5.98. The second kappa shape index (κ2) is 25.6. The summed E-state index contributed by atoms with van der Waals surface area (Å²) in [6.45, 7) is 11.7. The summed E-state index contributed by atoms with van der Waals surface area (Å²) in [5.41, 5.74) is 6.06. The number of hydrogen-bond donors (Lipinski definition) is 5. The summed E-state index contributed by atoms with van der Waals surface area (Å²) in [5, 5.41) is 11.3. The Labute approximate surface area is 280 Å². The highest BCUT2D eigenvalue weighted by atomic mass is 16.6. The predicted octanol–water partition coefficient (Wildman–Crippen LogP) is 3.70. The summed E-state index contributed by atoms with van der Waals surface area (Å²) in [7, 11) is 0. The Morgan fingerprint density at radius 1 is 0.766 bits per heavy atom. The van der Waals surface area contributed by atoms with Gasteiger partial charge in [0.1, 0.15) is 11.6 Å². The van der Waals surface area contributed by atoms with Gasteiger partial charge in [-0.1, -0.05) is 25.8 Å². The number of nitrogen functional groups attached to an aromatic ring is 1. The molecule has 4 amide bonds. The summed E-state index contributed by atoms with van der Waals surface area (Å²) in [5.74, 6) is -0.579. The molecule has 0 bridgehead atoms. The monoisotopic (exact) mass is 665 g/mol. The number of amides is 4. The van der Waals surface area contributed by atoms with Crippen LogP contribution in [0.5, 0.6) is 0 Å². The number of ether oxygens (including phenoxy) is 4. The van der Waals surface area contributed by atoms with Crippen LogP contribution in [-0.4, -0.2) is 94.7 Å². The molecule has 0 fully saturated rings. The Balaban J connectivity index is 2.22. The van der Waals surface area contributed by atoms with Gasteiger partial charge >= 0.3 is 6.09 Å². The minimum atomic E-state index is -0.753. The lowest BCUT2D eigenvalue weighted by Gasteiger charge is -2.20. The summed E-state index contributed by atoms with van der Waals surface area (Å²) in [6, 6.07) is 5.81. The van der Waals surface area contributed by atoms with E-state index in [1.807, 2.05) is 0 Å². The highest BCUT2D eigenvalue weighted by Gasteiger charge is 2.21. The highest BCUT2D eigenvalue weighted by Crippen LogP contribution is 2.09. The van der Waals surface area contributed by atoms with Crippen LogP contribution >= 0.6 is 0 Å². The fourth-order valence-electron chi connectivity index (χ4n) is 4.25. The third-order valence-electron chi connectivity index (χ3n) is 6.66. The van der Waals surface area contributed by atoms with Gasteiger partial charge in [0, 0.05) is 50.5 Å². The molecule has 0 aromatic heterocycles. The van der Waals surface area contributed by atoms with Crippen LogP contribution in [0, 0.1) is 0 Å². The van der Waals surface area contributed by atoms with E-state index in [0.29, 0.717) is 103 Å². The molecular weight excluding hydrogens is 606 g/mol. The summed E-state index contributed by atoms with van der Waals surface area (Å²) < 4.78 is 21.9. The average molecular weight is 666 g/mol. The van der Waals surface area contributed by atoms with Gasteiger partial charge < -0.3 is 45.9 Å². The number of carbonyl (C=O) groups excluding carboxylic acids is 4. The lowest BCUT2D eigenvalue weighted by molar-refractivity contribution is -0.123. The van der Waals surface area contributed by atoms with Crippen molar-refractivity contribution < 1.29 is 38.1 Å². The quantitative estimate of drug-likeness (QED) is 0.0729. The van der Waals surface area contributed by atoms with E-state index in [0.717, 1.165) is 25.7 Å². The van der Waals surface area contributed by atoms with E-state index in [1.165, 1.54) is 0 Å². The SMILES string of the molecule is CCCCCC(=O)NCCCOCCOCCOCCCNC(=O)C(CCCCNC(=O)OC(C)(C)C)NC(=O)c1cccc(N)c1. The maximum absolute atomic E-state index is 13.0. The molecule has 0 aliphatic carbocycles. The van der Waals surface area contributed by atoms with E-state index in [4.69, 9.17) is 24.7 Å². The van der Waals surface area contributed by atoms with Crippen LogP contribution in [0.3, 0.4) is 0 Å². The van der Waals surface area contributed by atoms with E-state index in [1.54, 1.807) is 45.0 Å². The predicted molar refractivity (Wildman–Crippen MR) is 182 cm³/mol. The first-order valence-electron chi connectivity index (χ1n) is 16.9. The largest absolute Gasteiger partial charge is 0.444 e. The van der Waals surface area contributed by atoms with Crippen LogP contribution in [0.15, 0.2) is 24.3 Å². The molecule has 0 radical (unpaired) electrons. The average Bonchev–Trinajstić information content (AvgIpc) is 3.01. The van der Waals surface area contributed by atoms with E-state index in [9.17, 15) is 19.2 Å². The van der Waals surface area contributed by atoms with Gasteiger partial charge in [-0.15, -0.1) is 0 Å². The lowest BCUT2D eigenvalue weighted by Crippen LogP contribution is -2.47. The lowest BCUT2D eigenvalue weighted by atomic mass is 10.1. The Kier molecular flexibility index (Phi) is 22.7. The van der Waals surface area contributed by atoms with E-state index < -0.39 is 17.7 Å². The molecular formula is C34H59N5O8. The number of alkyl carbamates (subject to hydrolysis) is 1. The first kappa shape index (κ1) is 41.6. The molecule has 1 aromatic carbocycles. The number of unbranched alkanes of at least 4 members (excludes halogenated alkanes) is 3. The molecule has 0 aliphatic heterocycles. The maximum atomic E-state index is 13.0. The molecule has 0 saturated carbocycles. The number of rotatable bonds is 26. The maximum Gasteiger partial charge on any atom is 0.407 e. The Bertz CT molecular complexity index is 1030. The molecule has 0 heterocycles. The topological polar surface area (TPSA) is 179 Å². The molecule has 6 N–H and O–H groups in total. The molecule has 0 saturated heterocycles. The smallest absolute Gasteiger partial charge is 0.407 e. The first-order valence-corrected chi connectivity index (χ1v) is 16.9. The van der Waals surface area contributed by atoms with Crippen molar-refractivity contribution in [2.24, 2.45) is 0 Å². The van der Waals surface area contributed by atoms with Crippen molar-refractivity contribution in [2.75, 3.05) is 65.0 Å². The second-order valence-corrected chi connectivity index (χ2v) is 12.2. The number of nitrogens with one attached hydrogen (secondary N) is 4. The van der Waals surface area contributed by atoms with Crippen LogP contribution in [0.4, 0.5) is 10.5 Å². The number of benzene rings is 1. The van der Waals surface area contributed by atoms with Gasteiger partial charge in [-0.2, -0.15) is 0 Å². The molecule has 1 rings (SSSR count). The van der Waals surface area contributed by atoms with Gasteiger partial charge in [0.25, 0.3) is 5.91 Å². The van der Waals surface area contributed by atoms with Crippen molar-refractivity contribution in [3.05, 3.63) is 29.8 Å². The van der Waals surface area contributed by atoms with Gasteiger partial charge in [0.2, 0.25) is 11.8 Å². The zero-order chi connectivity index (χ0) is 34.8.